The molecule has 2 N–H and O–H groups in total. The van der Waals surface area contributed by atoms with E-state index < -0.39 is 5.82 Å². The van der Waals surface area contributed by atoms with Gasteiger partial charge in [-0.3, -0.25) is 0 Å². The van der Waals surface area contributed by atoms with E-state index in [1.807, 2.05) is 0 Å². The predicted molar refractivity (Wildman–Crippen MR) is 46.7 cm³/mol. The standard InChI is InChI=1S/C9H9FN2O/c10-9-5-8(12-3-4-13)2-1-7(9)6-11/h1-2,5,12-13H,3-4H2. The Balaban J connectivity index is 2.79. The topological polar surface area (TPSA) is 56.0 Å². The lowest BCUT2D eigenvalue weighted by atomic mass is 10.2. The lowest BCUT2D eigenvalue weighted by Gasteiger charge is -2.03. The Kier molecular flexibility index (Phi) is 3.23. The van der Waals surface area contributed by atoms with Crippen LogP contribution in [0.2, 0.25) is 0 Å². The minimum Gasteiger partial charge on any atom is -0.395 e. The summed E-state index contributed by atoms with van der Waals surface area (Å²) in [6, 6.07) is 5.95. The number of aliphatic hydroxyl groups excluding tert-OH is 1. The molecule has 1 aromatic rings. The second-order valence-corrected chi connectivity index (χ2v) is 2.46. The highest BCUT2D eigenvalue weighted by molar-refractivity contribution is 5.47. The van der Waals surface area contributed by atoms with E-state index in [0.717, 1.165) is 0 Å². The van der Waals surface area contributed by atoms with Crippen LogP contribution in [0.1, 0.15) is 5.56 Å². The fourth-order valence-corrected chi connectivity index (χ4v) is 0.916. The molecule has 0 aliphatic carbocycles. The van der Waals surface area contributed by atoms with E-state index in [-0.39, 0.29) is 12.2 Å². The second-order valence-electron chi connectivity index (χ2n) is 2.46. The number of nitrogens with one attached hydrogen (secondary N) is 1. The summed E-state index contributed by atoms with van der Waals surface area (Å²) in [4.78, 5) is 0. The van der Waals surface area contributed by atoms with Crippen molar-refractivity contribution in [3.8, 4) is 6.07 Å². The number of benzene rings is 1. The average molecular weight is 180 g/mol. The van der Waals surface area contributed by atoms with Gasteiger partial charge >= 0.3 is 0 Å². The van der Waals surface area contributed by atoms with Gasteiger partial charge in [0.05, 0.1) is 12.2 Å². The maximum Gasteiger partial charge on any atom is 0.143 e. The molecule has 1 rings (SSSR count). The molecule has 0 heterocycles. The zero-order valence-electron chi connectivity index (χ0n) is 6.92. The molecule has 3 nitrogen and oxygen atoms in total. The Morgan fingerprint density at radius 3 is 2.85 bits per heavy atom. The highest BCUT2D eigenvalue weighted by Gasteiger charge is 2.01. The first-order chi connectivity index (χ1) is 6.27. The van der Waals surface area contributed by atoms with Crippen LogP contribution in [-0.2, 0) is 0 Å². The van der Waals surface area contributed by atoms with Crippen molar-refractivity contribution in [2.24, 2.45) is 0 Å². The molecule has 0 amide bonds. The van der Waals surface area contributed by atoms with Crippen molar-refractivity contribution in [1.82, 2.24) is 0 Å². The minimum absolute atomic E-state index is 0.0123. The molecule has 0 unspecified atom stereocenters. The summed E-state index contributed by atoms with van der Waals surface area (Å²) in [6.07, 6.45) is 0. The predicted octanol–water partition coefficient (Wildman–Crippen LogP) is 1.10. The van der Waals surface area contributed by atoms with Gasteiger partial charge in [0.25, 0.3) is 0 Å². The number of hydrogen-bond acceptors (Lipinski definition) is 3. The van der Waals surface area contributed by atoms with Crippen molar-refractivity contribution >= 4 is 5.69 Å². The van der Waals surface area contributed by atoms with Gasteiger partial charge in [-0.15, -0.1) is 0 Å². The quantitative estimate of drug-likeness (QED) is 0.732. The molecule has 4 heteroatoms. The van der Waals surface area contributed by atoms with Crippen LogP contribution in [0.25, 0.3) is 0 Å². The molecule has 0 aromatic heterocycles. The lowest BCUT2D eigenvalue weighted by Crippen LogP contribution is -2.05. The van der Waals surface area contributed by atoms with Gasteiger partial charge in [0.1, 0.15) is 11.9 Å². The van der Waals surface area contributed by atoms with Gasteiger partial charge in [-0.2, -0.15) is 5.26 Å². The largest absolute Gasteiger partial charge is 0.395 e. The normalized spacial score (nSPS) is 9.31. The first-order valence-electron chi connectivity index (χ1n) is 3.82. The van der Waals surface area contributed by atoms with Crippen molar-refractivity contribution in [2.75, 3.05) is 18.5 Å². The third-order valence-corrected chi connectivity index (χ3v) is 1.53. The summed E-state index contributed by atoms with van der Waals surface area (Å²) in [7, 11) is 0. The van der Waals surface area contributed by atoms with Gasteiger partial charge in [-0.25, -0.2) is 4.39 Å². The van der Waals surface area contributed by atoms with Crippen LogP contribution in [0.3, 0.4) is 0 Å². The summed E-state index contributed by atoms with van der Waals surface area (Å²) >= 11 is 0. The van der Waals surface area contributed by atoms with Gasteiger partial charge in [0.15, 0.2) is 0 Å². The number of hydrogen-bond donors (Lipinski definition) is 2. The molecule has 0 fully saturated rings. The van der Waals surface area contributed by atoms with Gasteiger partial charge in [-0.1, -0.05) is 0 Å². The summed E-state index contributed by atoms with van der Waals surface area (Å²) < 4.78 is 13.0. The molecule has 0 aliphatic heterocycles. The summed E-state index contributed by atoms with van der Waals surface area (Å²) in [6.45, 7) is 0.354. The number of rotatable bonds is 3. The number of aliphatic hydroxyl groups is 1. The van der Waals surface area contributed by atoms with Crippen LogP contribution in [0.5, 0.6) is 0 Å². The van der Waals surface area contributed by atoms with Crippen LogP contribution in [0.4, 0.5) is 10.1 Å². The molecule has 0 spiro atoms. The van der Waals surface area contributed by atoms with Crippen molar-refractivity contribution in [1.29, 1.82) is 5.26 Å². The Hall–Kier alpha value is -1.60. The van der Waals surface area contributed by atoms with Gasteiger partial charge in [-0.05, 0) is 18.2 Å². The van der Waals surface area contributed by atoms with Crippen LogP contribution in [0, 0.1) is 17.1 Å². The van der Waals surface area contributed by atoms with E-state index >= 15 is 0 Å². The van der Waals surface area contributed by atoms with E-state index in [0.29, 0.717) is 12.2 Å². The fraction of sp³-hybridized carbons (Fsp3) is 0.222. The highest BCUT2D eigenvalue weighted by atomic mass is 19.1. The molecule has 0 atom stereocenters. The molecule has 0 radical (unpaired) electrons. The SMILES string of the molecule is N#Cc1ccc(NCCO)cc1F. The molecule has 13 heavy (non-hydrogen) atoms. The number of anilines is 1. The molecule has 1 aromatic carbocycles. The van der Waals surface area contributed by atoms with E-state index in [2.05, 4.69) is 5.32 Å². The minimum atomic E-state index is -0.551. The first kappa shape index (κ1) is 9.49. The molecule has 0 saturated heterocycles. The zero-order chi connectivity index (χ0) is 9.68. The van der Waals surface area contributed by atoms with E-state index in [1.54, 1.807) is 12.1 Å². The van der Waals surface area contributed by atoms with Crippen molar-refractivity contribution in [3.63, 3.8) is 0 Å². The highest BCUT2D eigenvalue weighted by Crippen LogP contribution is 2.13. The molecular weight excluding hydrogens is 171 g/mol. The van der Waals surface area contributed by atoms with Gasteiger partial charge < -0.3 is 10.4 Å². The third-order valence-electron chi connectivity index (χ3n) is 1.53. The number of nitrogens with zero attached hydrogens (tertiary/aromatic N) is 1. The van der Waals surface area contributed by atoms with Crippen molar-refractivity contribution < 1.29 is 9.50 Å². The van der Waals surface area contributed by atoms with Crippen molar-refractivity contribution in [3.05, 3.63) is 29.6 Å². The zero-order valence-corrected chi connectivity index (χ0v) is 6.92. The Labute approximate surface area is 75.4 Å². The van der Waals surface area contributed by atoms with E-state index in [9.17, 15) is 4.39 Å². The Morgan fingerprint density at radius 1 is 1.54 bits per heavy atom. The van der Waals surface area contributed by atoms with Crippen LogP contribution in [-0.4, -0.2) is 18.3 Å². The summed E-state index contributed by atoms with van der Waals surface area (Å²) in [5, 5.41) is 19.7. The molecule has 0 bridgehead atoms. The summed E-state index contributed by atoms with van der Waals surface area (Å²) in [5.74, 6) is -0.551. The van der Waals surface area contributed by atoms with Gasteiger partial charge in [0, 0.05) is 12.2 Å². The van der Waals surface area contributed by atoms with Crippen molar-refractivity contribution in [2.45, 2.75) is 0 Å². The number of nitriles is 1. The second kappa shape index (κ2) is 4.43. The van der Waals surface area contributed by atoms with Gasteiger partial charge in [0.2, 0.25) is 0 Å². The molecule has 0 saturated carbocycles. The maximum absolute atomic E-state index is 13.0. The fourth-order valence-electron chi connectivity index (χ4n) is 0.916. The van der Waals surface area contributed by atoms with E-state index in [1.165, 1.54) is 12.1 Å². The first-order valence-corrected chi connectivity index (χ1v) is 3.82. The van der Waals surface area contributed by atoms with Crippen LogP contribution >= 0.6 is 0 Å². The maximum atomic E-state index is 13.0. The summed E-state index contributed by atoms with van der Waals surface area (Å²) in [5.41, 5.74) is 0.583. The third kappa shape index (κ3) is 2.42. The molecule has 0 aliphatic rings. The Morgan fingerprint density at radius 2 is 2.31 bits per heavy atom. The number of halogens is 1. The Bertz CT molecular complexity index is 333. The molecule has 68 valence electrons. The lowest BCUT2D eigenvalue weighted by molar-refractivity contribution is 0.311. The average Bonchev–Trinajstić information content (AvgIpc) is 2.15. The monoisotopic (exact) mass is 180 g/mol. The van der Waals surface area contributed by atoms with Crippen LogP contribution < -0.4 is 5.32 Å². The smallest absolute Gasteiger partial charge is 0.143 e. The van der Waals surface area contributed by atoms with E-state index in [4.69, 9.17) is 10.4 Å². The van der Waals surface area contributed by atoms with Crippen LogP contribution in [0.15, 0.2) is 18.2 Å². The molecular formula is C9H9FN2O.